The molecule has 6 heteroatoms. The third-order valence-corrected chi connectivity index (χ3v) is 5.72. The largest absolute Gasteiger partial charge is 0.481 e. The van der Waals surface area contributed by atoms with Crippen molar-refractivity contribution in [2.45, 2.75) is 19.3 Å². The van der Waals surface area contributed by atoms with E-state index in [1.54, 1.807) is 13.2 Å². The second-order valence-electron chi connectivity index (χ2n) is 7.32. The third kappa shape index (κ3) is 2.60. The van der Waals surface area contributed by atoms with E-state index < -0.39 is 5.41 Å². The first kappa shape index (κ1) is 16.8. The fourth-order valence-electron chi connectivity index (χ4n) is 4.30. The van der Waals surface area contributed by atoms with Crippen LogP contribution in [0.5, 0.6) is 5.88 Å². The maximum atomic E-state index is 13.3. The monoisotopic (exact) mass is 353 g/mol. The number of para-hydroxylation sites is 1. The van der Waals surface area contributed by atoms with E-state index in [0.717, 1.165) is 36.7 Å². The predicted molar refractivity (Wildman–Crippen MR) is 98.1 cm³/mol. The summed E-state index contributed by atoms with van der Waals surface area (Å²) in [5.74, 6) is 0.547. The van der Waals surface area contributed by atoms with Crippen LogP contribution in [0, 0.1) is 5.41 Å². The van der Waals surface area contributed by atoms with E-state index >= 15 is 0 Å². The van der Waals surface area contributed by atoms with Crippen LogP contribution in [0.15, 0.2) is 30.3 Å². The minimum Gasteiger partial charge on any atom is -0.481 e. The van der Waals surface area contributed by atoms with E-state index in [9.17, 15) is 9.59 Å². The number of hydrogen-bond acceptors (Lipinski definition) is 4. The van der Waals surface area contributed by atoms with Gasteiger partial charge in [0.15, 0.2) is 0 Å². The molecule has 0 bridgehead atoms. The van der Waals surface area contributed by atoms with E-state index in [1.807, 2.05) is 41.1 Å². The number of aromatic nitrogens is 1. The zero-order valence-electron chi connectivity index (χ0n) is 15.2. The Morgan fingerprint density at radius 3 is 2.85 bits per heavy atom. The molecule has 1 aromatic heterocycles. The van der Waals surface area contributed by atoms with Crippen molar-refractivity contribution in [1.82, 2.24) is 14.8 Å². The summed E-state index contributed by atoms with van der Waals surface area (Å²) in [7, 11) is 3.40. The number of hydrogen-bond donors (Lipinski definition) is 0. The molecule has 1 spiro atoms. The molecule has 3 heterocycles. The highest BCUT2D eigenvalue weighted by molar-refractivity contribution is 6.06. The highest BCUT2D eigenvalue weighted by Gasteiger charge is 2.48. The van der Waals surface area contributed by atoms with Crippen molar-refractivity contribution in [3.05, 3.63) is 35.9 Å². The Bertz CT molecular complexity index is 882. The van der Waals surface area contributed by atoms with Crippen LogP contribution >= 0.6 is 0 Å². The number of benzene rings is 1. The molecular formula is C20H23N3O3. The van der Waals surface area contributed by atoms with Gasteiger partial charge in [-0.3, -0.25) is 9.59 Å². The number of piperidine rings is 1. The summed E-state index contributed by atoms with van der Waals surface area (Å²) in [5.41, 5.74) is 0.911. The van der Waals surface area contributed by atoms with E-state index in [4.69, 9.17) is 4.74 Å². The molecule has 1 aromatic carbocycles. The van der Waals surface area contributed by atoms with Gasteiger partial charge < -0.3 is 14.5 Å². The molecule has 0 radical (unpaired) electrons. The van der Waals surface area contributed by atoms with Crippen LogP contribution < -0.4 is 4.74 Å². The number of methoxy groups -OCH3 is 1. The quantitative estimate of drug-likeness (QED) is 0.831. The minimum absolute atomic E-state index is 0.0557. The van der Waals surface area contributed by atoms with Gasteiger partial charge in [-0.15, -0.1) is 0 Å². The molecular weight excluding hydrogens is 330 g/mol. The van der Waals surface area contributed by atoms with Crippen LogP contribution in [0.3, 0.4) is 0 Å². The molecule has 136 valence electrons. The number of fused-ring (bicyclic) bond motifs is 1. The average Bonchev–Trinajstić information content (AvgIpc) is 3.09. The van der Waals surface area contributed by atoms with E-state index in [1.165, 1.54) is 0 Å². The summed E-state index contributed by atoms with van der Waals surface area (Å²) < 4.78 is 5.27. The fraction of sp³-hybridized carbons (Fsp3) is 0.450. The summed E-state index contributed by atoms with van der Waals surface area (Å²) in [6.07, 6.45) is 2.60. The Labute approximate surface area is 152 Å². The van der Waals surface area contributed by atoms with Gasteiger partial charge in [-0.05, 0) is 25.3 Å². The molecule has 0 unspecified atom stereocenters. The molecule has 4 rings (SSSR count). The number of ether oxygens (including phenoxy) is 1. The Hall–Kier alpha value is -2.63. The number of nitrogens with zero attached hydrogens (tertiary/aromatic N) is 3. The lowest BCUT2D eigenvalue weighted by Gasteiger charge is -2.37. The summed E-state index contributed by atoms with van der Waals surface area (Å²) >= 11 is 0. The van der Waals surface area contributed by atoms with Gasteiger partial charge in [-0.25, -0.2) is 4.98 Å². The lowest BCUT2D eigenvalue weighted by molar-refractivity contribution is -0.143. The van der Waals surface area contributed by atoms with Gasteiger partial charge in [0.1, 0.15) is 0 Å². The molecule has 2 aliphatic heterocycles. The first-order chi connectivity index (χ1) is 12.5. The van der Waals surface area contributed by atoms with Crippen molar-refractivity contribution in [2.24, 2.45) is 5.41 Å². The van der Waals surface area contributed by atoms with Gasteiger partial charge in [0, 0.05) is 38.1 Å². The van der Waals surface area contributed by atoms with Crippen molar-refractivity contribution in [2.75, 3.05) is 33.8 Å². The zero-order valence-corrected chi connectivity index (χ0v) is 15.2. The molecule has 1 atom stereocenters. The van der Waals surface area contributed by atoms with Gasteiger partial charge in [0.2, 0.25) is 11.8 Å². The van der Waals surface area contributed by atoms with E-state index in [2.05, 4.69) is 4.98 Å². The molecule has 2 aromatic rings. The van der Waals surface area contributed by atoms with Gasteiger partial charge in [-0.1, -0.05) is 18.2 Å². The normalized spacial score (nSPS) is 23.1. The van der Waals surface area contributed by atoms with Crippen molar-refractivity contribution in [3.8, 4) is 5.88 Å². The molecule has 2 amide bonds. The molecule has 2 saturated heterocycles. The van der Waals surface area contributed by atoms with E-state index in [-0.39, 0.29) is 11.8 Å². The van der Waals surface area contributed by atoms with Crippen molar-refractivity contribution in [1.29, 1.82) is 0 Å². The average molecular weight is 353 g/mol. The number of amides is 2. The van der Waals surface area contributed by atoms with Crippen LogP contribution in [0.1, 0.15) is 29.6 Å². The SMILES string of the molecule is COc1cc(C(=O)N2CC[C@@]3(CCCN(C)C3=O)C2)c2ccccc2n1. The van der Waals surface area contributed by atoms with Crippen molar-refractivity contribution < 1.29 is 14.3 Å². The Morgan fingerprint density at radius 1 is 1.23 bits per heavy atom. The van der Waals surface area contributed by atoms with Crippen molar-refractivity contribution in [3.63, 3.8) is 0 Å². The van der Waals surface area contributed by atoms with E-state index in [0.29, 0.717) is 24.5 Å². The van der Waals surface area contributed by atoms with Crippen LogP contribution in [0.2, 0.25) is 0 Å². The molecule has 2 fully saturated rings. The number of carbonyl (C=O) groups is 2. The smallest absolute Gasteiger partial charge is 0.254 e. The lowest BCUT2D eigenvalue weighted by Crippen LogP contribution is -2.48. The third-order valence-electron chi connectivity index (χ3n) is 5.72. The summed E-state index contributed by atoms with van der Waals surface area (Å²) in [4.78, 5) is 34.0. The standard InChI is InChI=1S/C20H23N3O3/c1-22-10-5-8-20(19(22)25)9-11-23(13-20)18(24)15-12-17(26-2)21-16-7-4-3-6-14(15)16/h3-4,6-7,12H,5,8-11,13H2,1-2H3/t20-/m0/s1. The Morgan fingerprint density at radius 2 is 2.04 bits per heavy atom. The number of likely N-dealkylation sites (tertiary alicyclic amines) is 2. The fourth-order valence-corrected chi connectivity index (χ4v) is 4.30. The Kier molecular flexibility index (Phi) is 4.05. The zero-order chi connectivity index (χ0) is 18.3. The number of pyridine rings is 1. The molecule has 26 heavy (non-hydrogen) atoms. The molecule has 0 N–H and O–H groups in total. The second-order valence-corrected chi connectivity index (χ2v) is 7.32. The van der Waals surface area contributed by atoms with Crippen LogP contribution in [-0.4, -0.2) is 60.4 Å². The summed E-state index contributed by atoms with van der Waals surface area (Å²) in [5, 5.41) is 0.811. The minimum atomic E-state index is -0.407. The van der Waals surface area contributed by atoms with Gasteiger partial charge in [-0.2, -0.15) is 0 Å². The van der Waals surface area contributed by atoms with Gasteiger partial charge in [0.05, 0.1) is 23.6 Å². The van der Waals surface area contributed by atoms with Crippen LogP contribution in [0.25, 0.3) is 10.9 Å². The second kappa shape index (κ2) is 6.27. The molecule has 0 saturated carbocycles. The lowest BCUT2D eigenvalue weighted by atomic mass is 9.78. The molecule has 0 aliphatic carbocycles. The van der Waals surface area contributed by atoms with Crippen LogP contribution in [-0.2, 0) is 4.79 Å². The van der Waals surface area contributed by atoms with Crippen LogP contribution in [0.4, 0.5) is 0 Å². The topological polar surface area (TPSA) is 62.7 Å². The predicted octanol–water partition coefficient (Wildman–Crippen LogP) is 2.33. The summed E-state index contributed by atoms with van der Waals surface area (Å²) in [6, 6.07) is 9.27. The summed E-state index contributed by atoms with van der Waals surface area (Å²) in [6.45, 7) is 1.91. The Balaban J connectivity index is 1.67. The van der Waals surface area contributed by atoms with Crippen molar-refractivity contribution >= 4 is 22.7 Å². The highest BCUT2D eigenvalue weighted by atomic mass is 16.5. The maximum absolute atomic E-state index is 13.3. The number of rotatable bonds is 2. The number of carbonyl (C=O) groups excluding carboxylic acids is 2. The molecule has 2 aliphatic rings. The maximum Gasteiger partial charge on any atom is 0.254 e. The highest BCUT2D eigenvalue weighted by Crippen LogP contribution is 2.40. The van der Waals surface area contributed by atoms with Gasteiger partial charge in [0.25, 0.3) is 5.91 Å². The first-order valence-corrected chi connectivity index (χ1v) is 9.03. The van der Waals surface area contributed by atoms with Gasteiger partial charge >= 0.3 is 0 Å². The first-order valence-electron chi connectivity index (χ1n) is 9.03. The molecule has 6 nitrogen and oxygen atoms in total.